The van der Waals surface area contributed by atoms with Crippen molar-refractivity contribution in [1.29, 1.82) is 0 Å². The van der Waals surface area contributed by atoms with E-state index in [1.54, 1.807) is 34.8 Å². The number of halogens is 1. The lowest BCUT2D eigenvalue weighted by Crippen LogP contribution is -2.32. The maximum atomic E-state index is 11.5. The Morgan fingerprint density at radius 3 is 1.48 bits per heavy atom. The van der Waals surface area contributed by atoms with Crippen LogP contribution in [-0.4, -0.2) is 96.2 Å². The molecule has 0 radical (unpaired) electrons. The number of cyclic esters (lactones) is 4. The van der Waals surface area contributed by atoms with Crippen molar-refractivity contribution in [2.24, 2.45) is 47.0 Å². The molecule has 0 amide bonds. The summed E-state index contributed by atoms with van der Waals surface area (Å²) in [6.45, 7) is 28.4. The van der Waals surface area contributed by atoms with E-state index in [1.165, 1.54) is 40.7 Å². The Morgan fingerprint density at radius 1 is 0.610 bits per heavy atom. The van der Waals surface area contributed by atoms with Gasteiger partial charge in [-0.25, -0.2) is 4.57 Å². The molecule has 0 saturated carbocycles. The molecule has 17 nitrogen and oxygen atoms in total. The van der Waals surface area contributed by atoms with E-state index in [9.17, 15) is 33.6 Å². The van der Waals surface area contributed by atoms with Crippen molar-refractivity contribution in [1.82, 2.24) is 10.3 Å². The third-order valence-electron chi connectivity index (χ3n) is 17.3. The number of aryl methyl sites for hydroxylation is 1. The minimum Gasteiger partial charge on any atom is -0.481 e. The molecule has 0 spiro atoms. The zero-order valence-corrected chi connectivity index (χ0v) is 59.1. The summed E-state index contributed by atoms with van der Waals surface area (Å²) in [6, 6.07) is 27.3. The van der Waals surface area contributed by atoms with Gasteiger partial charge in [-0.1, -0.05) is 203 Å². The molecule has 2 saturated heterocycles. The molecule has 12 atom stereocenters. The number of Topliss-reactive ketones (excluding diaryl/α,β-unsaturated/α-hetero) is 1. The molecule has 0 aliphatic carbocycles. The van der Waals surface area contributed by atoms with E-state index in [-0.39, 0.29) is 131 Å². The molecule has 4 heterocycles. The number of carboxylic acid groups (broad SMARTS) is 2. The van der Waals surface area contributed by atoms with Gasteiger partial charge in [0.1, 0.15) is 12.3 Å². The van der Waals surface area contributed by atoms with Crippen molar-refractivity contribution in [3.63, 3.8) is 0 Å². The van der Waals surface area contributed by atoms with E-state index < -0.39 is 23.9 Å². The Balaban J connectivity index is -0.000000143. The Bertz CT molecular complexity index is 2650. The van der Waals surface area contributed by atoms with Crippen LogP contribution < -0.4 is 21.4 Å². The third-order valence-corrected chi connectivity index (χ3v) is 17.6. The number of nitrogens with two attached hydrogens (primary N) is 2. The highest BCUT2D eigenvalue weighted by Gasteiger charge is 2.42. The van der Waals surface area contributed by atoms with Gasteiger partial charge in [0.05, 0.1) is 41.7 Å². The number of nitrogens with zero attached hydrogens (tertiary/aromatic N) is 2. The van der Waals surface area contributed by atoms with E-state index in [1.807, 2.05) is 63.6 Å². The van der Waals surface area contributed by atoms with Crippen LogP contribution in [0.2, 0.25) is 0 Å². The standard InChI is InChI=1S/C22H30N2O2.C14H16O3.C11H15Cl.C9H14O4.C8H18N2O.C5H13N.C5H10O2.8CH4/c1-3-19(17-18(2)20-8-12-23-13-9-20)21-10-15-24(16-11-21)14-6-4-5-7-22(25)26;1-9(11-6-4-3-5-7-11)8-12-10(2)13(15)17-14(12)16;1-3-9(2)11-6-4-10(8-12)5-7-11;1-5(12-3)4-7-6(2)8(10)13-9(7)11;1-7(11)8(10-2)5-3-4-6-9;1-3-5(2)4-6;1-3-4(2)5(6)7;;;;;;;;/h8-13,15-16,18-19H,3-7,14,17H2,1-2H3;3-7,9-10,12H,8H2,1-2H3;4-7,9H,3,8H2,1-2H3;5-7H,4H2,1-3H3;8,10H,3-6,9H2,1-2H3;5H,3-4,6H2,1-2H3;4H,3H2,1-2H3,(H,6,7);8*1H4/p+1. The first-order valence-electron chi connectivity index (χ1n) is 33.4. The molecule has 2 fully saturated rings. The number of unbranched alkanes of at least 4 members (excludes halogenated alkanes) is 3. The summed E-state index contributed by atoms with van der Waals surface area (Å²) >= 11 is 5.69. The number of esters is 4. The first-order chi connectivity index (χ1) is 43.7. The Hall–Kier alpha value is -6.24. The number of carboxylic acids is 2. The van der Waals surface area contributed by atoms with Crippen LogP contribution in [-0.2, 0) is 60.2 Å². The van der Waals surface area contributed by atoms with Gasteiger partial charge in [-0.3, -0.25) is 38.5 Å². The largest absolute Gasteiger partial charge is 0.481 e. The smallest absolute Gasteiger partial charge is 0.317 e. The van der Waals surface area contributed by atoms with Gasteiger partial charge in [-0.15, -0.1) is 11.6 Å². The molecule has 0 bridgehead atoms. The predicted octanol–water partition coefficient (Wildman–Crippen LogP) is 19.4. The fourth-order valence-corrected chi connectivity index (χ4v) is 9.79. The first-order valence-corrected chi connectivity index (χ1v) is 33.9. The average Bonchev–Trinajstić information content (AvgIpc) is 1.66. The maximum absolute atomic E-state index is 11.5. The van der Waals surface area contributed by atoms with E-state index in [4.69, 9.17) is 38.0 Å². The molecular weight excluding hydrogens is 1280 g/mol. The Morgan fingerprint density at radius 2 is 1.11 bits per heavy atom. The number of likely N-dealkylation sites (N-methyl/N-ethyl adjacent to an activating group) is 1. The van der Waals surface area contributed by atoms with Crippen molar-refractivity contribution in [2.45, 2.75) is 288 Å². The number of ketones is 1. The zero-order chi connectivity index (χ0) is 69.7. The molecule has 12 unspecified atom stereocenters. The summed E-state index contributed by atoms with van der Waals surface area (Å²) in [6.07, 6.45) is 20.6. The van der Waals surface area contributed by atoms with Crippen molar-refractivity contribution in [3.8, 4) is 0 Å². The summed E-state index contributed by atoms with van der Waals surface area (Å²) < 4.78 is 16.4. The topological polar surface area (TPSA) is 268 Å². The van der Waals surface area contributed by atoms with Crippen LogP contribution in [0.4, 0.5) is 0 Å². The molecule has 580 valence electrons. The van der Waals surface area contributed by atoms with Gasteiger partial charge in [0, 0.05) is 50.4 Å². The summed E-state index contributed by atoms with van der Waals surface area (Å²) in [7, 11) is 3.39. The molecule has 2 aliphatic rings. The van der Waals surface area contributed by atoms with Crippen molar-refractivity contribution in [2.75, 3.05) is 27.2 Å². The molecule has 100 heavy (non-hydrogen) atoms. The van der Waals surface area contributed by atoms with E-state index in [2.05, 4.69) is 134 Å². The molecule has 2 aromatic carbocycles. The minimum absolute atomic E-state index is 0. The lowest BCUT2D eigenvalue weighted by Gasteiger charge is -2.20. The maximum Gasteiger partial charge on any atom is 0.317 e. The van der Waals surface area contributed by atoms with Crippen LogP contribution in [0.5, 0.6) is 0 Å². The van der Waals surface area contributed by atoms with Gasteiger partial charge in [0.15, 0.2) is 12.4 Å². The van der Waals surface area contributed by atoms with Crippen LogP contribution in [0.3, 0.4) is 0 Å². The van der Waals surface area contributed by atoms with Gasteiger partial charge >= 0.3 is 35.8 Å². The number of aromatic nitrogens is 2. The number of hydrogen-bond donors (Lipinski definition) is 5. The lowest BCUT2D eigenvalue weighted by molar-refractivity contribution is -0.697. The fourth-order valence-electron chi connectivity index (χ4n) is 9.61. The quantitative estimate of drug-likeness (QED) is 0.0107. The second kappa shape index (κ2) is 66.0. The minimum atomic E-state index is -0.706. The highest BCUT2D eigenvalue weighted by atomic mass is 35.5. The summed E-state index contributed by atoms with van der Waals surface area (Å²) in [5.41, 5.74) is 17.2. The van der Waals surface area contributed by atoms with Crippen molar-refractivity contribution >= 4 is 53.2 Å². The lowest BCUT2D eigenvalue weighted by atomic mass is 9.85. The molecule has 18 heteroatoms. The number of alkyl halides is 1. The van der Waals surface area contributed by atoms with Crippen molar-refractivity contribution < 1.29 is 62.6 Å². The molecule has 6 rings (SSSR count). The second-order valence-corrected chi connectivity index (χ2v) is 24.8. The number of pyridine rings is 2. The Labute approximate surface area is 616 Å². The van der Waals surface area contributed by atoms with Crippen LogP contribution in [0.1, 0.15) is 291 Å². The van der Waals surface area contributed by atoms with E-state index in [0.29, 0.717) is 48.9 Å². The molecule has 2 aromatic heterocycles. The number of carbonyl (C=O) groups excluding carboxylic acids is 5. The van der Waals surface area contributed by atoms with Gasteiger partial charge in [0.2, 0.25) is 0 Å². The van der Waals surface area contributed by atoms with Crippen LogP contribution in [0.15, 0.2) is 104 Å². The van der Waals surface area contributed by atoms with Crippen LogP contribution in [0, 0.1) is 35.5 Å². The number of nitrogens with one attached hydrogen (secondary N) is 1. The zero-order valence-electron chi connectivity index (χ0n) is 58.4. The van der Waals surface area contributed by atoms with E-state index >= 15 is 0 Å². The normalized spacial score (nSPS) is 16.6. The predicted molar refractivity (Wildman–Crippen MR) is 422 cm³/mol. The van der Waals surface area contributed by atoms with Crippen LogP contribution in [0.25, 0.3) is 0 Å². The van der Waals surface area contributed by atoms with E-state index in [0.717, 1.165) is 70.9 Å². The average molecular weight is 1430 g/mol. The number of methoxy groups -OCH3 is 1. The second-order valence-electron chi connectivity index (χ2n) is 24.5. The number of ether oxygens (including phenoxy) is 3. The summed E-state index contributed by atoms with van der Waals surface area (Å²) in [4.78, 5) is 80.4. The number of rotatable bonds is 30. The Kier molecular flexibility index (Phi) is 74.1. The van der Waals surface area contributed by atoms with Gasteiger partial charge < -0.3 is 41.2 Å². The number of hydrogen-bond acceptors (Lipinski definition) is 14. The van der Waals surface area contributed by atoms with Gasteiger partial charge in [-0.2, -0.15) is 0 Å². The molecule has 2 aliphatic heterocycles. The monoisotopic (exact) mass is 1430 g/mol. The van der Waals surface area contributed by atoms with Crippen molar-refractivity contribution in [3.05, 3.63) is 131 Å². The summed E-state index contributed by atoms with van der Waals surface area (Å²) in [5, 5.41) is 19.8. The third kappa shape index (κ3) is 47.0. The van der Waals surface area contributed by atoms with Crippen LogP contribution >= 0.6 is 11.6 Å². The molecular formula is C82H149ClN5O12+. The number of benzene rings is 2. The number of aliphatic carboxylic acids is 2. The van der Waals surface area contributed by atoms with Gasteiger partial charge in [-0.05, 0) is 168 Å². The molecule has 7 N–H and O–H groups in total. The van der Waals surface area contributed by atoms with Gasteiger partial charge in [0.25, 0.3) is 0 Å². The molecule has 4 aromatic rings. The highest BCUT2D eigenvalue weighted by molar-refractivity contribution is 6.17. The first kappa shape index (κ1) is 112. The summed E-state index contributed by atoms with van der Waals surface area (Å²) in [5.74, 6) is -0.917. The SMILES string of the molecule is C.C.C.C.C.C.C.C.CC(CC1C(=O)OC(=O)C1C)c1ccccc1.CCC(C)C(=O)O.CCC(C)CN.CCC(C)c1ccc(CCl)cc1.CCC(CC(C)c1ccncc1)c1cc[n+](CCCCCC(=O)O)cc1.CNC(CCCCN)C(C)=O.COC(C)CC1C(=O)OC(=O)C1C. The fraction of sp³-hybridized carbons (Fsp3) is 0.646. The number of carbonyl (C=O) groups is 7. The highest BCUT2D eigenvalue weighted by Crippen LogP contribution is 2.34.